The van der Waals surface area contributed by atoms with Crippen LogP contribution in [0.15, 0.2) is 18.2 Å². The summed E-state index contributed by atoms with van der Waals surface area (Å²) in [6, 6.07) is 3.21. The fourth-order valence-corrected chi connectivity index (χ4v) is 7.50. The van der Waals surface area contributed by atoms with Crippen LogP contribution in [-0.4, -0.2) is 74.9 Å². The van der Waals surface area contributed by atoms with E-state index in [1.54, 1.807) is 33.9 Å². The Morgan fingerprint density at radius 3 is 2.48 bits per heavy atom. The highest BCUT2D eigenvalue weighted by Gasteiger charge is 2.46. The largest absolute Gasteiger partial charge is 0.497 e. The summed E-state index contributed by atoms with van der Waals surface area (Å²) in [5.74, 6) is 2.00. The van der Waals surface area contributed by atoms with E-state index in [0.717, 1.165) is 36.1 Å². The minimum Gasteiger partial charge on any atom is -0.497 e. The zero-order chi connectivity index (χ0) is 31.6. The van der Waals surface area contributed by atoms with E-state index in [2.05, 4.69) is 5.32 Å². The maximum Gasteiger partial charge on any atom is 0.405 e. The molecule has 3 aliphatic rings. The normalized spacial score (nSPS) is 25.3. The summed E-state index contributed by atoms with van der Waals surface area (Å²) < 4.78 is 11.7. The van der Waals surface area contributed by atoms with E-state index >= 15 is 0 Å². The molecule has 240 valence electrons. The molecule has 3 fully saturated rings. The molecule has 11 nitrogen and oxygen atoms in total. The molecule has 2 amide bonds. The van der Waals surface area contributed by atoms with Crippen LogP contribution in [0.25, 0.3) is 11.0 Å². The minimum absolute atomic E-state index is 0.00943. The molecule has 2 aromatic rings. The smallest absolute Gasteiger partial charge is 0.405 e. The van der Waals surface area contributed by atoms with Gasteiger partial charge in [-0.2, -0.15) is 0 Å². The number of aromatic nitrogens is 2. The Bertz CT molecular complexity index is 1380. The van der Waals surface area contributed by atoms with Crippen molar-refractivity contribution in [1.29, 1.82) is 0 Å². The second-order valence-corrected chi connectivity index (χ2v) is 13.9. The van der Waals surface area contributed by atoms with E-state index in [1.807, 2.05) is 12.1 Å². The number of unbranched alkanes of at least 4 members (excludes halogenated alkanes) is 2. The number of amides is 2. The molecule has 0 unspecified atom stereocenters. The van der Waals surface area contributed by atoms with Crippen LogP contribution < -0.4 is 14.8 Å². The highest BCUT2D eigenvalue weighted by atomic mass is 16.5. The number of carbonyl (C=O) groups excluding carboxylic acids is 1. The summed E-state index contributed by atoms with van der Waals surface area (Å²) in [4.78, 5) is 48.1. The Balaban J connectivity index is 1.30. The van der Waals surface area contributed by atoms with Crippen molar-refractivity contribution in [2.45, 2.75) is 103 Å². The van der Waals surface area contributed by atoms with Crippen molar-refractivity contribution >= 4 is 29.0 Å². The predicted molar refractivity (Wildman–Crippen MR) is 164 cm³/mol. The molecule has 1 aliphatic heterocycles. The van der Waals surface area contributed by atoms with Gasteiger partial charge in [-0.25, -0.2) is 19.6 Å². The molecule has 0 spiro atoms. The van der Waals surface area contributed by atoms with Gasteiger partial charge >= 0.3 is 12.1 Å². The monoisotopic (exact) mass is 610 g/mol. The average molecular weight is 611 g/mol. The standard InChI is InChI=1S/C33H46N4O7/c1-33(2,3)28(36-32(41)42)30(38)37-18-23(17-27(37)31(39)40)44-29-25(34-24-13-12-22(43-4)16-26(24)35-29)9-7-5-6-8-20-14-19-10-11-21(20)15-19/h12-13,16,19-21,23,27-28,36H,5-11,14-15,17-18H2,1-4H3,(H,39,40)(H,41,42)/t19-,20+,21-,23-,27+,28-/m1/s1. The molecular formula is C33H46N4O7. The van der Waals surface area contributed by atoms with Crippen LogP contribution in [0.5, 0.6) is 11.6 Å². The lowest BCUT2D eigenvalue weighted by Gasteiger charge is -2.34. The van der Waals surface area contributed by atoms with Crippen LogP contribution in [0.2, 0.25) is 0 Å². The van der Waals surface area contributed by atoms with Crippen molar-refractivity contribution in [3.63, 3.8) is 0 Å². The van der Waals surface area contributed by atoms with Crippen LogP contribution in [0.1, 0.15) is 84.3 Å². The summed E-state index contributed by atoms with van der Waals surface area (Å²) in [5.41, 5.74) is 1.25. The quantitative estimate of drug-likeness (QED) is 0.272. The zero-order valence-corrected chi connectivity index (χ0v) is 26.3. The molecule has 2 bridgehead atoms. The van der Waals surface area contributed by atoms with Crippen molar-refractivity contribution in [1.82, 2.24) is 20.2 Å². The van der Waals surface area contributed by atoms with E-state index < -0.39 is 41.6 Å². The lowest BCUT2D eigenvalue weighted by Crippen LogP contribution is -2.56. The average Bonchev–Trinajstić information content (AvgIpc) is 3.71. The molecule has 0 radical (unpaired) electrons. The maximum absolute atomic E-state index is 13.5. The molecule has 2 saturated carbocycles. The van der Waals surface area contributed by atoms with Crippen molar-refractivity contribution < 1.29 is 34.1 Å². The number of aryl methyl sites for hydroxylation is 1. The third-order valence-corrected chi connectivity index (χ3v) is 9.77. The number of benzene rings is 1. The number of hydrogen-bond donors (Lipinski definition) is 3. The number of carbonyl (C=O) groups is 3. The van der Waals surface area contributed by atoms with Gasteiger partial charge in [0.2, 0.25) is 11.8 Å². The molecule has 1 saturated heterocycles. The summed E-state index contributed by atoms with van der Waals surface area (Å²) >= 11 is 0. The van der Waals surface area contributed by atoms with Gasteiger partial charge in [-0.05, 0) is 67.4 Å². The van der Waals surface area contributed by atoms with Crippen LogP contribution in [0.3, 0.4) is 0 Å². The molecule has 1 aromatic carbocycles. The molecule has 3 N–H and O–H groups in total. The fourth-order valence-electron chi connectivity index (χ4n) is 7.50. The van der Waals surface area contributed by atoms with Crippen molar-refractivity contribution in [2.75, 3.05) is 13.7 Å². The first kappa shape index (κ1) is 31.8. The summed E-state index contributed by atoms with van der Waals surface area (Å²) in [6.45, 7) is 5.18. The number of aliphatic carboxylic acids is 1. The number of rotatable bonds is 12. The Labute approximate surface area is 258 Å². The molecule has 5 rings (SSSR count). The summed E-state index contributed by atoms with van der Waals surface area (Å²) in [6.07, 6.45) is 8.91. The maximum atomic E-state index is 13.5. The van der Waals surface area contributed by atoms with Gasteiger partial charge in [0.05, 0.1) is 24.7 Å². The summed E-state index contributed by atoms with van der Waals surface area (Å²) in [5, 5.41) is 21.6. The zero-order valence-electron chi connectivity index (χ0n) is 26.3. The van der Waals surface area contributed by atoms with Gasteiger partial charge in [0.1, 0.15) is 29.6 Å². The first-order valence-corrected chi connectivity index (χ1v) is 16.0. The third-order valence-electron chi connectivity index (χ3n) is 9.77. The number of ether oxygens (including phenoxy) is 2. The molecule has 11 heteroatoms. The Morgan fingerprint density at radius 1 is 1.05 bits per heavy atom. The molecule has 6 atom stereocenters. The number of likely N-dealkylation sites (tertiary alicyclic amines) is 1. The lowest BCUT2D eigenvalue weighted by molar-refractivity contribution is -0.150. The van der Waals surface area contributed by atoms with Crippen LogP contribution in [0, 0.1) is 23.2 Å². The van der Waals surface area contributed by atoms with Gasteiger partial charge in [0, 0.05) is 12.5 Å². The fraction of sp³-hybridized carbons (Fsp3) is 0.667. The number of nitrogens with one attached hydrogen (secondary N) is 1. The van der Waals surface area contributed by atoms with Crippen molar-refractivity contribution in [2.24, 2.45) is 23.2 Å². The van der Waals surface area contributed by atoms with E-state index in [-0.39, 0.29) is 13.0 Å². The number of carboxylic acids is 1. The van der Waals surface area contributed by atoms with E-state index in [0.29, 0.717) is 29.3 Å². The number of nitrogens with zero attached hydrogens (tertiary/aromatic N) is 3. The van der Waals surface area contributed by atoms with Gasteiger partial charge in [-0.15, -0.1) is 0 Å². The predicted octanol–water partition coefficient (Wildman–Crippen LogP) is 5.29. The Morgan fingerprint density at radius 2 is 1.84 bits per heavy atom. The van der Waals surface area contributed by atoms with Crippen LogP contribution in [-0.2, 0) is 16.0 Å². The number of carboxylic acid groups (broad SMARTS) is 2. The first-order valence-electron chi connectivity index (χ1n) is 16.0. The molecule has 1 aromatic heterocycles. The number of methoxy groups -OCH3 is 1. The SMILES string of the molecule is COc1ccc2nc(CCCCC[C@H]3C[C@H]4CC[C@@H]3C4)c(O[C@@H]3C[C@@H](C(=O)O)N(C(=O)[C@@H](NC(=O)O)C(C)(C)C)C3)nc2c1. The van der Waals surface area contributed by atoms with Crippen LogP contribution >= 0.6 is 0 Å². The molecule has 2 heterocycles. The highest BCUT2D eigenvalue weighted by Crippen LogP contribution is 2.50. The highest BCUT2D eigenvalue weighted by molar-refractivity contribution is 5.90. The second kappa shape index (κ2) is 13.2. The summed E-state index contributed by atoms with van der Waals surface area (Å²) in [7, 11) is 1.58. The van der Waals surface area contributed by atoms with Gasteiger partial charge in [-0.1, -0.05) is 46.5 Å². The lowest BCUT2D eigenvalue weighted by atomic mass is 9.85. The minimum atomic E-state index is -1.35. The number of hydrogen-bond acceptors (Lipinski definition) is 7. The van der Waals surface area contributed by atoms with E-state index in [9.17, 15) is 24.6 Å². The van der Waals surface area contributed by atoms with Gasteiger partial charge in [-0.3, -0.25) is 4.79 Å². The first-order chi connectivity index (χ1) is 20.9. The number of fused-ring (bicyclic) bond motifs is 3. The Hall–Kier alpha value is -3.63. The molecule has 44 heavy (non-hydrogen) atoms. The third kappa shape index (κ3) is 7.18. The molecular weight excluding hydrogens is 564 g/mol. The van der Waals surface area contributed by atoms with Gasteiger partial charge < -0.3 is 29.9 Å². The van der Waals surface area contributed by atoms with Gasteiger partial charge in [0.25, 0.3) is 0 Å². The van der Waals surface area contributed by atoms with E-state index in [4.69, 9.17) is 19.4 Å². The van der Waals surface area contributed by atoms with Crippen LogP contribution in [0.4, 0.5) is 4.79 Å². The van der Waals surface area contributed by atoms with Crippen molar-refractivity contribution in [3.05, 3.63) is 23.9 Å². The second-order valence-electron chi connectivity index (χ2n) is 13.9. The van der Waals surface area contributed by atoms with Crippen molar-refractivity contribution in [3.8, 4) is 11.6 Å². The topological polar surface area (TPSA) is 151 Å². The van der Waals surface area contributed by atoms with Gasteiger partial charge in [0.15, 0.2) is 0 Å². The Kier molecular flexibility index (Phi) is 9.51. The van der Waals surface area contributed by atoms with E-state index in [1.165, 1.54) is 43.4 Å². The molecule has 2 aliphatic carbocycles.